The molecule has 0 N–H and O–H groups in total. The molecule has 0 saturated carbocycles. The van der Waals surface area contributed by atoms with E-state index in [1.165, 1.54) is 4.31 Å². The van der Waals surface area contributed by atoms with Crippen LogP contribution in [0.15, 0.2) is 17.2 Å². The van der Waals surface area contributed by atoms with Gasteiger partial charge in [0, 0.05) is 32.0 Å². The molecule has 0 aliphatic carbocycles. The predicted octanol–water partition coefficient (Wildman–Crippen LogP) is 2.28. The van der Waals surface area contributed by atoms with E-state index in [1.807, 2.05) is 18.4 Å². The van der Waals surface area contributed by atoms with Gasteiger partial charge in [-0.3, -0.25) is 0 Å². The Kier molecular flexibility index (Phi) is 5.04. The first kappa shape index (κ1) is 14.5. The first-order valence-corrected chi connectivity index (χ1v) is 7.66. The lowest BCUT2D eigenvalue weighted by molar-refractivity contribution is 0.486. The summed E-state index contributed by atoms with van der Waals surface area (Å²) in [6.45, 7) is 5.10. The van der Waals surface area contributed by atoms with Crippen molar-refractivity contribution in [2.24, 2.45) is 0 Å². The summed E-state index contributed by atoms with van der Waals surface area (Å²) >= 11 is 5.82. The number of hydrogen-bond donors (Lipinski definition) is 0. The van der Waals surface area contributed by atoms with Crippen LogP contribution in [-0.2, 0) is 22.4 Å². The quantitative estimate of drug-likeness (QED) is 0.749. The second kappa shape index (κ2) is 5.89. The molecule has 4 nitrogen and oxygen atoms in total. The van der Waals surface area contributed by atoms with Crippen LogP contribution in [0.5, 0.6) is 0 Å². The minimum absolute atomic E-state index is 0.325. The lowest BCUT2D eigenvalue weighted by atomic mass is 10.4. The van der Waals surface area contributed by atoms with Crippen LogP contribution in [-0.4, -0.2) is 30.9 Å². The third-order valence-corrected chi connectivity index (χ3v) is 4.89. The van der Waals surface area contributed by atoms with Crippen LogP contribution in [0.1, 0.15) is 26.0 Å². The topological polar surface area (TPSA) is 42.3 Å². The third-order valence-electron chi connectivity index (χ3n) is 2.72. The fourth-order valence-electron chi connectivity index (χ4n) is 1.58. The number of alkyl halides is 1. The minimum atomic E-state index is -3.37. The second-order valence-corrected chi connectivity index (χ2v) is 6.23. The summed E-state index contributed by atoms with van der Waals surface area (Å²) in [6.07, 6.45) is 2.62. The van der Waals surface area contributed by atoms with Crippen LogP contribution in [0, 0.1) is 0 Å². The molecule has 0 fully saturated rings. The normalized spacial score (nSPS) is 12.3. The van der Waals surface area contributed by atoms with E-state index < -0.39 is 10.0 Å². The van der Waals surface area contributed by atoms with Crippen LogP contribution >= 0.6 is 11.6 Å². The van der Waals surface area contributed by atoms with Crippen LogP contribution in [0.3, 0.4) is 0 Å². The van der Waals surface area contributed by atoms with E-state index in [9.17, 15) is 8.42 Å². The summed E-state index contributed by atoms with van der Waals surface area (Å²) in [5.74, 6) is 0.325. The third kappa shape index (κ3) is 3.03. The molecule has 1 rings (SSSR count). The second-order valence-electron chi connectivity index (χ2n) is 3.91. The van der Waals surface area contributed by atoms with Crippen molar-refractivity contribution >= 4 is 21.6 Å². The Morgan fingerprint density at radius 1 is 1.41 bits per heavy atom. The van der Waals surface area contributed by atoms with E-state index in [0.717, 1.165) is 18.7 Å². The van der Waals surface area contributed by atoms with Crippen molar-refractivity contribution in [2.75, 3.05) is 13.6 Å². The Morgan fingerprint density at radius 3 is 2.53 bits per heavy atom. The van der Waals surface area contributed by atoms with E-state index >= 15 is 0 Å². The highest BCUT2D eigenvalue weighted by Gasteiger charge is 2.21. The Balaban J connectivity index is 3.15. The number of aryl methyl sites for hydroxylation is 1. The van der Waals surface area contributed by atoms with Crippen molar-refractivity contribution in [2.45, 2.75) is 37.6 Å². The number of hydrogen-bond acceptors (Lipinski definition) is 2. The van der Waals surface area contributed by atoms with Gasteiger partial charge in [0.15, 0.2) is 0 Å². The summed E-state index contributed by atoms with van der Waals surface area (Å²) < 4.78 is 27.5. The molecule has 17 heavy (non-hydrogen) atoms. The standard InChI is InChI=1S/C11H19ClN2O2S/c1-4-6-14-9-11(7-10(14)8-12)17(15,16)13(3)5-2/h7,9H,4-6,8H2,1-3H3. The van der Waals surface area contributed by atoms with Crippen molar-refractivity contribution in [3.05, 3.63) is 18.0 Å². The van der Waals surface area contributed by atoms with Gasteiger partial charge in [-0.25, -0.2) is 12.7 Å². The molecule has 0 bridgehead atoms. The molecule has 0 radical (unpaired) electrons. The monoisotopic (exact) mass is 278 g/mol. The van der Waals surface area contributed by atoms with Crippen LogP contribution in [0.4, 0.5) is 0 Å². The molecule has 0 aromatic carbocycles. The predicted molar refractivity (Wildman–Crippen MR) is 69.8 cm³/mol. The van der Waals surface area contributed by atoms with E-state index in [1.54, 1.807) is 19.3 Å². The van der Waals surface area contributed by atoms with Gasteiger partial charge in [-0.05, 0) is 12.5 Å². The van der Waals surface area contributed by atoms with Crippen molar-refractivity contribution in [1.29, 1.82) is 0 Å². The summed E-state index contributed by atoms with van der Waals surface area (Å²) in [7, 11) is -1.79. The van der Waals surface area contributed by atoms with Gasteiger partial charge >= 0.3 is 0 Å². The molecular weight excluding hydrogens is 260 g/mol. The molecule has 1 aromatic rings. The zero-order valence-corrected chi connectivity index (χ0v) is 12.1. The highest BCUT2D eigenvalue weighted by Crippen LogP contribution is 2.19. The SMILES string of the molecule is CCCn1cc(S(=O)(=O)N(C)CC)cc1CCl. The molecule has 0 aliphatic heterocycles. The zero-order chi connectivity index (χ0) is 13.1. The smallest absolute Gasteiger partial charge is 0.244 e. The lowest BCUT2D eigenvalue weighted by Gasteiger charge is -2.13. The summed E-state index contributed by atoms with van der Waals surface area (Å²) in [6, 6.07) is 1.66. The number of halogens is 1. The Bertz CT molecular complexity index is 468. The van der Waals surface area contributed by atoms with Gasteiger partial charge in [-0.2, -0.15) is 0 Å². The van der Waals surface area contributed by atoms with Crippen LogP contribution < -0.4 is 0 Å². The van der Waals surface area contributed by atoms with Gasteiger partial charge in [0.2, 0.25) is 10.0 Å². The first-order chi connectivity index (χ1) is 7.97. The number of aromatic nitrogens is 1. The Morgan fingerprint density at radius 2 is 2.06 bits per heavy atom. The highest BCUT2D eigenvalue weighted by atomic mass is 35.5. The lowest BCUT2D eigenvalue weighted by Crippen LogP contribution is -2.26. The number of rotatable bonds is 6. The average molecular weight is 279 g/mol. The van der Waals surface area contributed by atoms with Crippen molar-refractivity contribution in [3.8, 4) is 0 Å². The molecule has 98 valence electrons. The van der Waals surface area contributed by atoms with Crippen LogP contribution in [0.2, 0.25) is 0 Å². The van der Waals surface area contributed by atoms with Gasteiger partial charge in [0.05, 0.1) is 5.88 Å². The molecule has 0 saturated heterocycles. The van der Waals surface area contributed by atoms with Gasteiger partial charge < -0.3 is 4.57 Å². The molecule has 0 amide bonds. The van der Waals surface area contributed by atoms with Gasteiger partial charge in [0.25, 0.3) is 0 Å². The Hall–Kier alpha value is -0.520. The minimum Gasteiger partial charge on any atom is -0.349 e. The van der Waals surface area contributed by atoms with Crippen molar-refractivity contribution < 1.29 is 8.42 Å². The maximum Gasteiger partial charge on any atom is 0.244 e. The fraction of sp³-hybridized carbons (Fsp3) is 0.636. The number of nitrogens with zero attached hydrogens (tertiary/aromatic N) is 2. The van der Waals surface area contributed by atoms with E-state index in [-0.39, 0.29) is 0 Å². The molecule has 1 aromatic heterocycles. The maximum absolute atomic E-state index is 12.1. The van der Waals surface area contributed by atoms with Gasteiger partial charge in [0.1, 0.15) is 4.90 Å². The fourth-order valence-corrected chi connectivity index (χ4v) is 3.05. The molecule has 0 spiro atoms. The molecule has 0 unspecified atom stereocenters. The highest BCUT2D eigenvalue weighted by molar-refractivity contribution is 7.89. The average Bonchev–Trinajstić information content (AvgIpc) is 2.72. The molecule has 0 aliphatic rings. The van der Waals surface area contributed by atoms with Gasteiger partial charge in [-0.15, -0.1) is 11.6 Å². The molecule has 0 atom stereocenters. The van der Waals surface area contributed by atoms with Crippen LogP contribution in [0.25, 0.3) is 0 Å². The van der Waals surface area contributed by atoms with Gasteiger partial charge in [-0.1, -0.05) is 13.8 Å². The molecule has 6 heteroatoms. The Labute approximate surface area is 108 Å². The van der Waals surface area contributed by atoms with Crippen molar-refractivity contribution in [3.63, 3.8) is 0 Å². The zero-order valence-electron chi connectivity index (χ0n) is 10.5. The molecular formula is C11H19ClN2O2S. The number of sulfonamides is 1. The van der Waals surface area contributed by atoms with E-state index in [2.05, 4.69) is 0 Å². The summed E-state index contributed by atoms with van der Waals surface area (Å²) in [5, 5.41) is 0. The van der Waals surface area contributed by atoms with E-state index in [4.69, 9.17) is 11.6 Å². The largest absolute Gasteiger partial charge is 0.349 e. The van der Waals surface area contributed by atoms with Crippen molar-refractivity contribution in [1.82, 2.24) is 8.87 Å². The first-order valence-electron chi connectivity index (χ1n) is 5.68. The summed E-state index contributed by atoms with van der Waals surface area (Å²) in [5.41, 5.74) is 0.844. The van der Waals surface area contributed by atoms with E-state index in [0.29, 0.717) is 17.3 Å². The maximum atomic E-state index is 12.1. The summed E-state index contributed by atoms with van der Waals surface area (Å²) in [4.78, 5) is 0.325. The molecule has 1 heterocycles.